The molecule has 2 fully saturated rings. The van der Waals surface area contributed by atoms with Gasteiger partial charge in [0.25, 0.3) is 0 Å². The normalized spacial score (nSPS) is 26.2. The van der Waals surface area contributed by atoms with Crippen molar-refractivity contribution in [3.05, 3.63) is 29.3 Å². The highest BCUT2D eigenvalue weighted by Gasteiger charge is 2.37. The average Bonchev–Trinajstić information content (AvgIpc) is 2.98. The first-order valence-electron chi connectivity index (χ1n) is 8.07. The summed E-state index contributed by atoms with van der Waals surface area (Å²) in [4.78, 5) is 1.91. The number of rotatable bonds is 4. The van der Waals surface area contributed by atoms with Crippen molar-refractivity contribution in [1.29, 1.82) is 0 Å². The van der Waals surface area contributed by atoms with Crippen molar-refractivity contribution in [3.63, 3.8) is 0 Å². The second kappa shape index (κ2) is 5.91. The fourth-order valence-electron chi connectivity index (χ4n) is 3.90. The third kappa shape index (κ3) is 2.91. The number of nitrogens with zero attached hydrogens (tertiary/aromatic N) is 1. The lowest BCUT2D eigenvalue weighted by Gasteiger charge is -2.22. The molecule has 2 N–H and O–H groups in total. The highest BCUT2D eigenvalue weighted by atomic mass is 19.1. The molecule has 1 aromatic carbocycles. The molecule has 0 spiro atoms. The predicted octanol–water partition coefficient (Wildman–Crippen LogP) is 3.48. The van der Waals surface area contributed by atoms with Gasteiger partial charge in [-0.3, -0.25) is 0 Å². The van der Waals surface area contributed by atoms with Crippen LogP contribution in [0.5, 0.6) is 0 Å². The van der Waals surface area contributed by atoms with Gasteiger partial charge in [-0.25, -0.2) is 8.78 Å². The van der Waals surface area contributed by atoms with Crippen molar-refractivity contribution in [2.75, 3.05) is 18.0 Å². The zero-order chi connectivity index (χ0) is 15.0. The summed E-state index contributed by atoms with van der Waals surface area (Å²) in [6.45, 7) is 3.58. The smallest absolute Gasteiger partial charge is 0.149 e. The summed E-state index contributed by atoms with van der Waals surface area (Å²) in [5.41, 5.74) is 6.69. The van der Waals surface area contributed by atoms with E-state index in [1.54, 1.807) is 0 Å². The van der Waals surface area contributed by atoms with Crippen molar-refractivity contribution in [2.24, 2.45) is 17.6 Å². The molecular formula is C17H24F2N2. The van der Waals surface area contributed by atoms with Crippen LogP contribution in [0, 0.1) is 23.5 Å². The van der Waals surface area contributed by atoms with Crippen molar-refractivity contribution < 1.29 is 8.78 Å². The van der Waals surface area contributed by atoms with E-state index in [0.717, 1.165) is 19.5 Å². The highest BCUT2D eigenvalue weighted by Crippen LogP contribution is 2.41. The number of hydrogen-bond acceptors (Lipinski definition) is 2. The maximum absolute atomic E-state index is 14.4. The van der Waals surface area contributed by atoms with Gasteiger partial charge >= 0.3 is 0 Å². The molecular weight excluding hydrogens is 270 g/mol. The molecule has 1 saturated carbocycles. The Bertz CT molecular complexity index is 483. The SMILES string of the molecule is CCC(N)Cc1cc(F)c(N2CC3CCCC3C2)c(F)c1. The van der Waals surface area contributed by atoms with Crippen molar-refractivity contribution in [3.8, 4) is 0 Å². The molecule has 0 bridgehead atoms. The molecule has 1 aromatic rings. The van der Waals surface area contributed by atoms with Gasteiger partial charge in [0, 0.05) is 19.1 Å². The van der Waals surface area contributed by atoms with Gasteiger partial charge in [0.1, 0.15) is 17.3 Å². The monoisotopic (exact) mass is 294 g/mol. The maximum Gasteiger partial charge on any atom is 0.149 e. The molecule has 2 nitrogen and oxygen atoms in total. The minimum absolute atomic E-state index is 0.0409. The summed E-state index contributed by atoms with van der Waals surface area (Å²) >= 11 is 0. The predicted molar refractivity (Wildman–Crippen MR) is 81.4 cm³/mol. The Morgan fingerprint density at radius 2 is 1.76 bits per heavy atom. The van der Waals surface area contributed by atoms with Crippen LogP contribution >= 0.6 is 0 Å². The summed E-state index contributed by atoms with van der Waals surface area (Å²) in [5.74, 6) is 0.371. The molecule has 3 unspecified atom stereocenters. The Morgan fingerprint density at radius 1 is 1.19 bits per heavy atom. The molecule has 0 radical (unpaired) electrons. The van der Waals surface area contributed by atoms with E-state index >= 15 is 0 Å². The molecule has 3 rings (SSSR count). The molecule has 1 saturated heterocycles. The first-order valence-corrected chi connectivity index (χ1v) is 8.07. The fraction of sp³-hybridized carbons (Fsp3) is 0.647. The Balaban J connectivity index is 1.80. The van der Waals surface area contributed by atoms with Gasteiger partial charge < -0.3 is 10.6 Å². The highest BCUT2D eigenvalue weighted by molar-refractivity contribution is 5.52. The Morgan fingerprint density at radius 3 is 2.29 bits per heavy atom. The van der Waals surface area contributed by atoms with Crippen molar-refractivity contribution in [1.82, 2.24) is 0 Å². The van der Waals surface area contributed by atoms with E-state index in [1.165, 1.54) is 31.4 Å². The van der Waals surface area contributed by atoms with Crippen LogP contribution in [-0.2, 0) is 6.42 Å². The summed E-state index contributed by atoms with van der Waals surface area (Å²) in [5, 5.41) is 0. The van der Waals surface area contributed by atoms with Gasteiger partial charge in [0.2, 0.25) is 0 Å². The van der Waals surface area contributed by atoms with Gasteiger partial charge in [-0.2, -0.15) is 0 Å². The van der Waals surface area contributed by atoms with E-state index in [2.05, 4.69) is 0 Å². The quantitative estimate of drug-likeness (QED) is 0.921. The Labute approximate surface area is 125 Å². The summed E-state index contributed by atoms with van der Waals surface area (Å²) in [6, 6.07) is 2.88. The average molecular weight is 294 g/mol. The van der Waals surface area contributed by atoms with Crippen LogP contribution in [0.2, 0.25) is 0 Å². The zero-order valence-electron chi connectivity index (χ0n) is 12.6. The van der Waals surface area contributed by atoms with Crippen LogP contribution in [0.3, 0.4) is 0 Å². The van der Waals surface area contributed by atoms with E-state index in [0.29, 0.717) is 23.8 Å². The molecule has 1 aliphatic carbocycles. The first-order chi connectivity index (χ1) is 10.1. The molecule has 21 heavy (non-hydrogen) atoms. The van der Waals surface area contributed by atoms with E-state index in [1.807, 2.05) is 11.8 Å². The Hall–Kier alpha value is -1.16. The van der Waals surface area contributed by atoms with Gasteiger partial charge in [-0.05, 0) is 55.2 Å². The van der Waals surface area contributed by atoms with E-state index in [-0.39, 0.29) is 11.7 Å². The molecule has 0 amide bonds. The maximum atomic E-state index is 14.4. The standard InChI is InChI=1S/C17H24F2N2/c1-2-14(20)6-11-7-15(18)17(16(19)8-11)21-9-12-4-3-5-13(12)10-21/h7-8,12-14H,2-6,9-10,20H2,1H3. The van der Waals surface area contributed by atoms with Crippen molar-refractivity contribution in [2.45, 2.75) is 45.1 Å². The lowest BCUT2D eigenvalue weighted by atomic mass is 10.0. The molecule has 4 heteroatoms. The first kappa shape index (κ1) is 14.8. The minimum atomic E-state index is -0.437. The lowest BCUT2D eigenvalue weighted by Crippen LogP contribution is -2.24. The van der Waals surface area contributed by atoms with Gasteiger partial charge in [-0.15, -0.1) is 0 Å². The van der Waals surface area contributed by atoms with Gasteiger partial charge in [0.05, 0.1) is 0 Å². The summed E-state index contributed by atoms with van der Waals surface area (Å²) in [7, 11) is 0. The van der Waals surface area contributed by atoms with Crippen LogP contribution in [-0.4, -0.2) is 19.1 Å². The van der Waals surface area contributed by atoms with E-state index in [9.17, 15) is 8.78 Å². The number of halogens is 2. The van der Waals surface area contributed by atoms with Crippen LogP contribution in [0.1, 0.15) is 38.2 Å². The molecule has 1 heterocycles. The van der Waals surface area contributed by atoms with Crippen LogP contribution in [0.25, 0.3) is 0 Å². The van der Waals surface area contributed by atoms with Crippen molar-refractivity contribution >= 4 is 5.69 Å². The van der Waals surface area contributed by atoms with Gasteiger partial charge in [0.15, 0.2) is 0 Å². The molecule has 116 valence electrons. The second-order valence-electron chi connectivity index (χ2n) is 6.64. The number of benzene rings is 1. The van der Waals surface area contributed by atoms with Gasteiger partial charge in [-0.1, -0.05) is 13.3 Å². The Kier molecular flexibility index (Phi) is 4.16. The lowest BCUT2D eigenvalue weighted by molar-refractivity contribution is 0.494. The second-order valence-corrected chi connectivity index (χ2v) is 6.64. The summed E-state index contributed by atoms with van der Waals surface area (Å²) in [6.07, 6.45) is 5.00. The van der Waals surface area contributed by atoms with E-state index < -0.39 is 11.6 Å². The number of fused-ring (bicyclic) bond motifs is 1. The third-order valence-corrected chi connectivity index (χ3v) is 5.14. The topological polar surface area (TPSA) is 29.3 Å². The number of anilines is 1. The third-order valence-electron chi connectivity index (χ3n) is 5.14. The zero-order valence-corrected chi connectivity index (χ0v) is 12.6. The number of hydrogen-bond donors (Lipinski definition) is 1. The largest absolute Gasteiger partial charge is 0.366 e. The molecule has 1 aliphatic heterocycles. The molecule has 2 aliphatic rings. The van der Waals surface area contributed by atoms with Crippen LogP contribution in [0.15, 0.2) is 12.1 Å². The molecule has 3 atom stereocenters. The van der Waals surface area contributed by atoms with E-state index in [4.69, 9.17) is 5.73 Å². The van der Waals surface area contributed by atoms with Crippen LogP contribution < -0.4 is 10.6 Å². The minimum Gasteiger partial charge on any atom is -0.366 e. The van der Waals surface area contributed by atoms with Crippen LogP contribution in [0.4, 0.5) is 14.5 Å². The summed E-state index contributed by atoms with van der Waals surface area (Å²) < 4.78 is 28.7. The number of nitrogens with two attached hydrogens (primary N) is 1. The molecule has 0 aromatic heterocycles. The fourth-order valence-corrected chi connectivity index (χ4v) is 3.90.